The van der Waals surface area contributed by atoms with E-state index in [4.69, 9.17) is 14.7 Å². The number of thiophene rings is 1. The van der Waals surface area contributed by atoms with Gasteiger partial charge >= 0.3 is 0 Å². The molecule has 2 aromatic heterocycles. The zero-order valence-electron chi connectivity index (χ0n) is 13.0. The van der Waals surface area contributed by atoms with Crippen LogP contribution in [0.2, 0.25) is 0 Å². The number of aryl methyl sites for hydroxylation is 1. The Kier molecular flexibility index (Phi) is 4.13. The summed E-state index contributed by atoms with van der Waals surface area (Å²) < 4.78 is 5.95. The number of methoxy groups -OCH3 is 1. The normalized spacial score (nSPS) is 18.6. The number of aromatic nitrogens is 2. The number of anilines is 1. The van der Waals surface area contributed by atoms with Gasteiger partial charge in [0.25, 0.3) is 0 Å². The van der Waals surface area contributed by atoms with E-state index in [9.17, 15) is 0 Å². The lowest BCUT2D eigenvalue weighted by atomic mass is 9.93. The fraction of sp³-hybridized carbons (Fsp3) is 0.625. The molecular formula is C16H23N3OS. The zero-order chi connectivity index (χ0) is 14.9. The molecule has 0 radical (unpaired) electrons. The van der Waals surface area contributed by atoms with E-state index in [0.29, 0.717) is 0 Å². The Bertz CT molecular complexity index is 630. The average Bonchev–Trinajstić information content (AvgIpc) is 2.73. The highest BCUT2D eigenvalue weighted by molar-refractivity contribution is 7.18. The molecule has 1 aliphatic carbocycles. The van der Waals surface area contributed by atoms with Crippen LogP contribution in [0.5, 0.6) is 0 Å². The van der Waals surface area contributed by atoms with Crippen LogP contribution in [0, 0.1) is 6.92 Å². The third kappa shape index (κ3) is 2.64. The van der Waals surface area contributed by atoms with Crippen molar-refractivity contribution in [3.8, 4) is 0 Å². The minimum absolute atomic E-state index is 0.311. The minimum Gasteiger partial charge on any atom is -0.372 e. The standard InChI is InChI=1S/C16H23N3OS/c1-11-10-12-13(17-2)18-15(19-14(12)21-11)16(20-3)8-6-4-5-7-9-16/h10H,4-9H2,1-3H3,(H,17,18,19). The molecule has 0 aromatic carbocycles. The lowest BCUT2D eigenvalue weighted by molar-refractivity contribution is -0.0347. The van der Waals surface area contributed by atoms with Crippen LogP contribution in [0.4, 0.5) is 5.82 Å². The summed E-state index contributed by atoms with van der Waals surface area (Å²) in [6, 6.07) is 2.15. The molecule has 3 rings (SSSR count). The van der Waals surface area contributed by atoms with Crippen molar-refractivity contribution in [3.63, 3.8) is 0 Å². The lowest BCUT2D eigenvalue weighted by Crippen LogP contribution is -2.30. The van der Waals surface area contributed by atoms with E-state index in [1.54, 1.807) is 18.4 Å². The monoisotopic (exact) mass is 305 g/mol. The molecule has 0 bridgehead atoms. The van der Waals surface area contributed by atoms with Crippen molar-refractivity contribution in [3.05, 3.63) is 16.8 Å². The first kappa shape index (κ1) is 14.7. The van der Waals surface area contributed by atoms with E-state index in [2.05, 4.69) is 18.3 Å². The van der Waals surface area contributed by atoms with Gasteiger partial charge in [0.1, 0.15) is 16.2 Å². The summed E-state index contributed by atoms with van der Waals surface area (Å²) in [7, 11) is 3.72. The molecule has 114 valence electrons. The first-order chi connectivity index (χ1) is 10.2. The fourth-order valence-electron chi connectivity index (χ4n) is 3.25. The summed E-state index contributed by atoms with van der Waals surface area (Å²) in [6.45, 7) is 2.11. The highest BCUT2D eigenvalue weighted by atomic mass is 32.1. The van der Waals surface area contributed by atoms with Crippen LogP contribution in [0.3, 0.4) is 0 Å². The van der Waals surface area contributed by atoms with Crippen LogP contribution in [-0.4, -0.2) is 24.1 Å². The first-order valence-corrected chi connectivity index (χ1v) is 8.52. The van der Waals surface area contributed by atoms with Crippen LogP contribution < -0.4 is 5.32 Å². The number of fused-ring (bicyclic) bond motifs is 1. The number of nitrogens with one attached hydrogen (secondary N) is 1. The predicted octanol–water partition coefficient (Wildman–Crippen LogP) is 4.24. The van der Waals surface area contributed by atoms with Crippen LogP contribution in [0.25, 0.3) is 10.2 Å². The third-order valence-corrected chi connectivity index (χ3v) is 5.41. The molecule has 4 nitrogen and oxygen atoms in total. The summed E-state index contributed by atoms with van der Waals surface area (Å²) in [6.07, 6.45) is 6.97. The Morgan fingerprint density at radius 1 is 1.19 bits per heavy atom. The molecule has 0 unspecified atom stereocenters. The lowest BCUT2D eigenvalue weighted by Gasteiger charge is -2.30. The third-order valence-electron chi connectivity index (χ3n) is 4.46. The van der Waals surface area contributed by atoms with E-state index in [1.807, 2.05) is 7.05 Å². The molecule has 2 aromatic rings. The second-order valence-electron chi connectivity index (χ2n) is 5.83. The molecule has 2 heterocycles. The Labute approximate surface area is 129 Å². The highest BCUT2D eigenvalue weighted by Gasteiger charge is 2.36. The quantitative estimate of drug-likeness (QED) is 0.862. The largest absolute Gasteiger partial charge is 0.372 e. The van der Waals surface area contributed by atoms with Crippen molar-refractivity contribution in [2.24, 2.45) is 0 Å². The minimum atomic E-state index is -0.311. The Hall–Kier alpha value is -1.20. The number of nitrogens with zero attached hydrogens (tertiary/aromatic N) is 2. The Morgan fingerprint density at radius 2 is 1.90 bits per heavy atom. The van der Waals surface area contributed by atoms with Crippen molar-refractivity contribution in [1.82, 2.24) is 9.97 Å². The second kappa shape index (κ2) is 5.89. The second-order valence-corrected chi connectivity index (χ2v) is 7.07. The molecule has 1 N–H and O–H groups in total. The molecule has 1 aliphatic rings. The molecule has 0 spiro atoms. The van der Waals surface area contributed by atoms with Gasteiger partial charge < -0.3 is 10.1 Å². The molecule has 21 heavy (non-hydrogen) atoms. The zero-order valence-corrected chi connectivity index (χ0v) is 13.8. The summed E-state index contributed by atoms with van der Waals surface area (Å²) in [5, 5.41) is 4.33. The van der Waals surface area contributed by atoms with Crippen molar-refractivity contribution < 1.29 is 4.74 Å². The van der Waals surface area contributed by atoms with Crippen molar-refractivity contribution in [2.75, 3.05) is 19.5 Å². The Balaban J connectivity index is 2.13. The SMILES string of the molecule is CNc1nc(C2(OC)CCCCCC2)nc2sc(C)cc12. The summed E-state index contributed by atoms with van der Waals surface area (Å²) in [5.41, 5.74) is -0.311. The Morgan fingerprint density at radius 3 is 2.52 bits per heavy atom. The van der Waals surface area contributed by atoms with Crippen LogP contribution in [-0.2, 0) is 10.3 Å². The van der Waals surface area contributed by atoms with Gasteiger partial charge in [-0.1, -0.05) is 25.7 Å². The van der Waals surface area contributed by atoms with Gasteiger partial charge in [-0.25, -0.2) is 9.97 Å². The van der Waals surface area contributed by atoms with Gasteiger partial charge in [-0.15, -0.1) is 11.3 Å². The highest BCUT2D eigenvalue weighted by Crippen LogP contribution is 2.39. The molecule has 0 atom stereocenters. The maximum absolute atomic E-state index is 5.95. The van der Waals surface area contributed by atoms with Gasteiger partial charge in [0.15, 0.2) is 5.82 Å². The molecule has 5 heteroatoms. The van der Waals surface area contributed by atoms with E-state index < -0.39 is 0 Å². The maximum Gasteiger partial charge on any atom is 0.164 e. The first-order valence-electron chi connectivity index (χ1n) is 7.70. The molecule has 0 amide bonds. The van der Waals surface area contributed by atoms with Gasteiger partial charge in [0.05, 0.1) is 5.39 Å². The van der Waals surface area contributed by atoms with Gasteiger partial charge in [-0.3, -0.25) is 0 Å². The van der Waals surface area contributed by atoms with Crippen LogP contribution in [0.1, 0.15) is 49.2 Å². The molecule has 1 saturated carbocycles. The van der Waals surface area contributed by atoms with Crippen LogP contribution in [0.15, 0.2) is 6.07 Å². The number of hydrogen-bond donors (Lipinski definition) is 1. The van der Waals surface area contributed by atoms with Gasteiger partial charge in [0, 0.05) is 19.0 Å². The van der Waals surface area contributed by atoms with Gasteiger partial charge in [-0.2, -0.15) is 0 Å². The van der Waals surface area contributed by atoms with E-state index in [-0.39, 0.29) is 5.60 Å². The van der Waals surface area contributed by atoms with Gasteiger partial charge in [0.2, 0.25) is 0 Å². The smallest absolute Gasteiger partial charge is 0.164 e. The van der Waals surface area contributed by atoms with Crippen molar-refractivity contribution >= 4 is 27.4 Å². The van der Waals surface area contributed by atoms with Crippen LogP contribution >= 0.6 is 11.3 Å². The van der Waals surface area contributed by atoms with E-state index in [0.717, 1.165) is 34.7 Å². The van der Waals surface area contributed by atoms with Crippen molar-refractivity contribution in [2.45, 2.75) is 51.0 Å². The maximum atomic E-state index is 5.95. The summed E-state index contributed by atoms with van der Waals surface area (Å²) in [4.78, 5) is 12.0. The number of ether oxygens (including phenoxy) is 1. The van der Waals surface area contributed by atoms with Crippen molar-refractivity contribution in [1.29, 1.82) is 0 Å². The molecule has 0 aliphatic heterocycles. The molecule has 1 fully saturated rings. The number of hydrogen-bond acceptors (Lipinski definition) is 5. The fourth-order valence-corrected chi connectivity index (χ4v) is 4.13. The average molecular weight is 305 g/mol. The summed E-state index contributed by atoms with van der Waals surface area (Å²) >= 11 is 1.73. The van der Waals surface area contributed by atoms with E-state index in [1.165, 1.54) is 30.6 Å². The van der Waals surface area contributed by atoms with E-state index >= 15 is 0 Å². The molecule has 0 saturated heterocycles. The topological polar surface area (TPSA) is 47.0 Å². The summed E-state index contributed by atoms with van der Waals surface area (Å²) in [5.74, 6) is 1.77. The molecular weight excluding hydrogens is 282 g/mol. The van der Waals surface area contributed by atoms with Gasteiger partial charge in [-0.05, 0) is 25.8 Å². The predicted molar refractivity (Wildman–Crippen MR) is 88.1 cm³/mol. The number of rotatable bonds is 3.